The van der Waals surface area contributed by atoms with Gasteiger partial charge in [-0.3, -0.25) is 9.59 Å². The molecule has 2 saturated carbocycles. The minimum absolute atomic E-state index is 0.0989. The van der Waals surface area contributed by atoms with Gasteiger partial charge in [0, 0.05) is 6.42 Å². The Labute approximate surface area is 95.3 Å². The van der Waals surface area contributed by atoms with Crippen molar-refractivity contribution in [1.29, 1.82) is 0 Å². The Morgan fingerprint density at radius 3 is 2.69 bits per heavy atom. The van der Waals surface area contributed by atoms with Crippen LogP contribution < -0.4 is 0 Å². The Kier molecular flexibility index (Phi) is 3.46. The number of hydrogen-bond acceptors (Lipinski definition) is 4. The summed E-state index contributed by atoms with van der Waals surface area (Å²) in [6.45, 7) is 2.86. The van der Waals surface area contributed by atoms with Gasteiger partial charge in [-0.15, -0.1) is 0 Å². The highest BCUT2D eigenvalue weighted by molar-refractivity contribution is 5.69. The van der Waals surface area contributed by atoms with Crippen LogP contribution >= 0.6 is 0 Å². The summed E-state index contributed by atoms with van der Waals surface area (Å²) in [5.41, 5.74) is 0. The summed E-state index contributed by atoms with van der Waals surface area (Å²) in [4.78, 5) is 21.3. The zero-order valence-corrected chi connectivity index (χ0v) is 9.56. The second-order valence-corrected chi connectivity index (χ2v) is 4.80. The minimum atomic E-state index is -0.0989. The van der Waals surface area contributed by atoms with Gasteiger partial charge in [0.05, 0.1) is 6.61 Å². The zero-order chi connectivity index (χ0) is 11.5. The highest BCUT2D eigenvalue weighted by atomic mass is 16.5. The van der Waals surface area contributed by atoms with Crippen molar-refractivity contribution in [2.45, 2.75) is 38.7 Å². The molecule has 0 aromatic heterocycles. The highest BCUT2D eigenvalue weighted by Gasteiger charge is 2.47. The molecule has 16 heavy (non-hydrogen) atoms. The molecule has 0 aliphatic heterocycles. The second-order valence-electron chi connectivity index (χ2n) is 4.80. The van der Waals surface area contributed by atoms with Crippen molar-refractivity contribution in [3.05, 3.63) is 0 Å². The number of fused-ring (bicyclic) bond motifs is 2. The molecule has 2 bridgehead atoms. The van der Waals surface area contributed by atoms with Crippen LogP contribution in [0.25, 0.3) is 0 Å². The topological polar surface area (TPSA) is 52.6 Å². The Morgan fingerprint density at radius 2 is 2.12 bits per heavy atom. The van der Waals surface area contributed by atoms with Crippen molar-refractivity contribution in [2.24, 2.45) is 17.8 Å². The molecule has 2 aliphatic rings. The third-order valence-corrected chi connectivity index (χ3v) is 3.89. The van der Waals surface area contributed by atoms with E-state index in [1.54, 1.807) is 0 Å². The largest absolute Gasteiger partial charge is 0.468 e. The van der Waals surface area contributed by atoms with Crippen molar-refractivity contribution in [3.63, 3.8) is 0 Å². The monoisotopic (exact) mass is 226 g/mol. The molecular weight excluding hydrogens is 208 g/mol. The first-order valence-electron chi connectivity index (χ1n) is 5.99. The lowest BCUT2D eigenvalue weighted by Crippen LogP contribution is -2.28. The summed E-state index contributed by atoms with van der Waals surface area (Å²) in [6.07, 6.45) is 3.66. The number of rotatable bonds is 5. The maximum atomic E-state index is 11.2. The predicted molar refractivity (Wildman–Crippen MR) is 56.5 cm³/mol. The fraction of sp³-hybridized carbons (Fsp3) is 0.833. The van der Waals surface area contributed by atoms with E-state index in [9.17, 15) is 9.59 Å². The van der Waals surface area contributed by atoms with E-state index in [0.29, 0.717) is 37.3 Å². The van der Waals surface area contributed by atoms with Gasteiger partial charge in [-0.1, -0.05) is 6.92 Å². The van der Waals surface area contributed by atoms with Gasteiger partial charge in [-0.25, -0.2) is 0 Å². The Hall–Kier alpha value is -1.06. The van der Waals surface area contributed by atoms with Gasteiger partial charge in [0.25, 0.3) is 6.47 Å². The summed E-state index contributed by atoms with van der Waals surface area (Å²) in [5.74, 6) is 1.44. The molecule has 0 aromatic rings. The average molecular weight is 226 g/mol. The number of ether oxygens (including phenoxy) is 2. The normalized spacial score (nSPS) is 36.1. The SMILES string of the molecule is CCC(=O)OC1CC2CC1CC2COC=O. The molecule has 90 valence electrons. The second kappa shape index (κ2) is 4.85. The highest BCUT2D eigenvalue weighted by Crippen LogP contribution is 2.49. The van der Waals surface area contributed by atoms with Crippen LogP contribution in [0.5, 0.6) is 0 Å². The minimum Gasteiger partial charge on any atom is -0.468 e. The Morgan fingerprint density at radius 1 is 1.31 bits per heavy atom. The summed E-state index contributed by atoms with van der Waals surface area (Å²) in [5, 5.41) is 0. The van der Waals surface area contributed by atoms with Crippen LogP contribution in [0.2, 0.25) is 0 Å². The standard InChI is InChI=1S/C12H18O4/c1-2-12(14)16-11-5-8-3-9(11)4-10(8)6-15-7-13/h7-11H,2-6H2,1H3. The van der Waals surface area contributed by atoms with Crippen LogP contribution in [0, 0.1) is 17.8 Å². The van der Waals surface area contributed by atoms with E-state index in [2.05, 4.69) is 0 Å². The van der Waals surface area contributed by atoms with Crippen molar-refractivity contribution in [1.82, 2.24) is 0 Å². The fourth-order valence-electron chi connectivity index (χ4n) is 3.11. The van der Waals surface area contributed by atoms with Gasteiger partial charge in [0.15, 0.2) is 0 Å². The first-order valence-corrected chi connectivity index (χ1v) is 5.99. The quantitative estimate of drug-likeness (QED) is 0.527. The van der Waals surface area contributed by atoms with Crippen molar-refractivity contribution >= 4 is 12.4 Å². The maximum Gasteiger partial charge on any atom is 0.305 e. The van der Waals surface area contributed by atoms with Crippen LogP contribution in [-0.4, -0.2) is 25.2 Å². The van der Waals surface area contributed by atoms with E-state index >= 15 is 0 Å². The molecule has 0 radical (unpaired) electrons. The van der Waals surface area contributed by atoms with Gasteiger partial charge in [0.1, 0.15) is 6.10 Å². The molecule has 2 fully saturated rings. The van der Waals surface area contributed by atoms with Crippen molar-refractivity contribution in [2.75, 3.05) is 6.61 Å². The van der Waals surface area contributed by atoms with Gasteiger partial charge in [-0.2, -0.15) is 0 Å². The molecule has 4 atom stereocenters. The van der Waals surface area contributed by atoms with Gasteiger partial charge >= 0.3 is 5.97 Å². The molecule has 4 unspecified atom stereocenters. The summed E-state index contributed by atoms with van der Waals surface area (Å²) in [6, 6.07) is 0. The Balaban J connectivity index is 1.81. The molecule has 2 aliphatic carbocycles. The molecule has 0 aromatic carbocycles. The number of esters is 1. The van der Waals surface area contributed by atoms with E-state index in [0.717, 1.165) is 19.3 Å². The number of carbonyl (C=O) groups is 2. The lowest BCUT2D eigenvalue weighted by molar-refractivity contribution is -0.151. The summed E-state index contributed by atoms with van der Waals surface area (Å²) < 4.78 is 10.2. The lowest BCUT2D eigenvalue weighted by atomic mass is 9.88. The smallest absolute Gasteiger partial charge is 0.305 e. The van der Waals surface area contributed by atoms with Crippen LogP contribution in [0.3, 0.4) is 0 Å². The summed E-state index contributed by atoms with van der Waals surface area (Å²) in [7, 11) is 0. The fourth-order valence-corrected chi connectivity index (χ4v) is 3.11. The maximum absolute atomic E-state index is 11.2. The third kappa shape index (κ3) is 2.20. The van der Waals surface area contributed by atoms with Gasteiger partial charge in [-0.05, 0) is 37.0 Å². The average Bonchev–Trinajstić information content (AvgIpc) is 2.85. The van der Waals surface area contributed by atoms with Crippen LogP contribution in [0.15, 0.2) is 0 Å². The molecule has 0 spiro atoms. The molecule has 4 heteroatoms. The van der Waals surface area contributed by atoms with E-state index in [1.807, 2.05) is 6.92 Å². The molecule has 0 saturated heterocycles. The van der Waals surface area contributed by atoms with E-state index < -0.39 is 0 Å². The van der Waals surface area contributed by atoms with Crippen molar-refractivity contribution in [3.8, 4) is 0 Å². The van der Waals surface area contributed by atoms with Crippen LogP contribution in [-0.2, 0) is 19.1 Å². The number of hydrogen-bond donors (Lipinski definition) is 0. The van der Waals surface area contributed by atoms with Gasteiger partial charge < -0.3 is 9.47 Å². The third-order valence-electron chi connectivity index (χ3n) is 3.89. The van der Waals surface area contributed by atoms with Crippen LogP contribution in [0.4, 0.5) is 0 Å². The molecule has 2 rings (SSSR count). The van der Waals surface area contributed by atoms with Crippen molar-refractivity contribution < 1.29 is 19.1 Å². The molecular formula is C12H18O4. The van der Waals surface area contributed by atoms with E-state index in [4.69, 9.17) is 9.47 Å². The molecule has 0 amide bonds. The lowest BCUT2D eigenvalue weighted by Gasteiger charge is -2.27. The first-order chi connectivity index (χ1) is 7.74. The van der Waals surface area contributed by atoms with E-state index in [-0.39, 0.29) is 12.1 Å². The molecule has 0 N–H and O–H groups in total. The van der Waals surface area contributed by atoms with Gasteiger partial charge in [0.2, 0.25) is 0 Å². The first kappa shape index (κ1) is 11.4. The van der Waals surface area contributed by atoms with E-state index in [1.165, 1.54) is 0 Å². The Bertz CT molecular complexity index is 276. The predicted octanol–water partition coefficient (Wildman–Crippen LogP) is 1.53. The van der Waals surface area contributed by atoms with Crippen LogP contribution in [0.1, 0.15) is 32.6 Å². The number of carbonyl (C=O) groups excluding carboxylic acids is 2. The molecule has 4 nitrogen and oxygen atoms in total. The molecule has 0 heterocycles. The zero-order valence-electron chi connectivity index (χ0n) is 9.56. The summed E-state index contributed by atoms with van der Waals surface area (Å²) >= 11 is 0.